The zero-order valence-electron chi connectivity index (χ0n) is 14.2. The topological polar surface area (TPSA) is 64.1 Å². The fourth-order valence-corrected chi connectivity index (χ4v) is 3.84. The Bertz CT molecular complexity index is 917. The van der Waals surface area contributed by atoms with E-state index in [4.69, 9.17) is 0 Å². The van der Waals surface area contributed by atoms with Crippen LogP contribution in [-0.2, 0) is 0 Å². The number of Topliss-reactive ketones (excluding diaryl/α,β-unsaturated/α-hetero) is 1. The average Bonchev–Trinajstić information content (AvgIpc) is 3.09. The number of benzene rings is 2. The number of nitrogens with zero attached hydrogens (tertiary/aromatic N) is 2. The number of aryl methyl sites for hydroxylation is 1. The highest BCUT2D eigenvalue weighted by atomic mass is 32.2. The van der Waals surface area contributed by atoms with Crippen LogP contribution in [0.4, 0.5) is 19.6 Å². The Labute approximate surface area is 162 Å². The van der Waals surface area contributed by atoms with Gasteiger partial charge in [0, 0.05) is 11.3 Å². The smallest absolute Gasteiger partial charge is 0.387 e. The number of carbonyl (C=O) groups excluding carboxylic acids is 1. The first-order valence-corrected chi connectivity index (χ1v) is 9.68. The van der Waals surface area contributed by atoms with Crippen LogP contribution < -0.4 is 10.1 Å². The summed E-state index contributed by atoms with van der Waals surface area (Å²) in [6.45, 7) is -0.892. The summed E-state index contributed by atoms with van der Waals surface area (Å²) in [5.41, 5.74) is 2.47. The summed E-state index contributed by atoms with van der Waals surface area (Å²) < 4.78 is 29.2. The van der Waals surface area contributed by atoms with Crippen molar-refractivity contribution >= 4 is 39.7 Å². The lowest BCUT2D eigenvalue weighted by Gasteiger charge is -2.05. The van der Waals surface area contributed by atoms with Crippen molar-refractivity contribution in [2.75, 3.05) is 11.1 Å². The van der Waals surface area contributed by atoms with Crippen molar-refractivity contribution in [1.29, 1.82) is 0 Å². The molecule has 140 valence electrons. The molecule has 0 amide bonds. The highest BCUT2D eigenvalue weighted by Crippen LogP contribution is 2.29. The number of thioether (sulfide) groups is 1. The number of aromatic nitrogens is 2. The van der Waals surface area contributed by atoms with E-state index in [1.807, 2.05) is 31.2 Å². The van der Waals surface area contributed by atoms with E-state index in [0.717, 1.165) is 11.3 Å². The SMILES string of the molecule is Cc1ccccc1Nc1nnc(SCC(=O)c2ccc(OC(F)F)cc2)s1. The maximum Gasteiger partial charge on any atom is 0.387 e. The van der Waals surface area contributed by atoms with Crippen LogP contribution in [0.3, 0.4) is 0 Å². The lowest BCUT2D eigenvalue weighted by Crippen LogP contribution is -2.04. The van der Waals surface area contributed by atoms with Crippen LogP contribution in [0.2, 0.25) is 0 Å². The summed E-state index contributed by atoms with van der Waals surface area (Å²) in [7, 11) is 0. The number of rotatable bonds is 8. The molecule has 0 aliphatic rings. The molecule has 0 unspecified atom stereocenters. The molecule has 3 aromatic rings. The second-order valence-corrected chi connectivity index (χ2v) is 7.63. The van der Waals surface area contributed by atoms with Crippen LogP contribution in [0, 0.1) is 6.92 Å². The number of carbonyl (C=O) groups is 1. The van der Waals surface area contributed by atoms with Crippen molar-refractivity contribution in [3.8, 4) is 5.75 Å². The minimum absolute atomic E-state index is 0.0187. The molecule has 9 heteroatoms. The molecule has 0 atom stereocenters. The molecular weight excluding hydrogens is 392 g/mol. The Morgan fingerprint density at radius 1 is 1.19 bits per heavy atom. The third-order valence-electron chi connectivity index (χ3n) is 3.52. The summed E-state index contributed by atoms with van der Waals surface area (Å²) in [5.74, 6) is 0.0612. The number of ketones is 1. The van der Waals surface area contributed by atoms with Gasteiger partial charge in [-0.25, -0.2) is 0 Å². The number of halogens is 2. The first-order valence-electron chi connectivity index (χ1n) is 7.88. The van der Waals surface area contributed by atoms with E-state index in [-0.39, 0.29) is 17.3 Å². The van der Waals surface area contributed by atoms with Crippen LogP contribution in [-0.4, -0.2) is 28.3 Å². The molecule has 1 heterocycles. The van der Waals surface area contributed by atoms with E-state index in [1.54, 1.807) is 0 Å². The average molecular weight is 407 g/mol. The quantitative estimate of drug-likeness (QED) is 0.411. The summed E-state index contributed by atoms with van der Waals surface area (Å²) in [4.78, 5) is 12.2. The summed E-state index contributed by atoms with van der Waals surface area (Å²) in [6, 6.07) is 13.5. The van der Waals surface area contributed by atoms with Crippen molar-refractivity contribution in [2.45, 2.75) is 17.9 Å². The number of hydrogen-bond acceptors (Lipinski definition) is 7. The van der Waals surface area contributed by atoms with Gasteiger partial charge in [0.2, 0.25) is 5.13 Å². The van der Waals surface area contributed by atoms with Gasteiger partial charge < -0.3 is 10.1 Å². The third kappa shape index (κ3) is 5.48. The van der Waals surface area contributed by atoms with Gasteiger partial charge in [0.15, 0.2) is 10.1 Å². The van der Waals surface area contributed by atoms with Gasteiger partial charge in [0.1, 0.15) is 5.75 Å². The molecule has 0 saturated heterocycles. The molecule has 0 fully saturated rings. The van der Waals surface area contributed by atoms with Gasteiger partial charge in [-0.1, -0.05) is 41.3 Å². The van der Waals surface area contributed by atoms with Gasteiger partial charge in [-0.2, -0.15) is 8.78 Å². The van der Waals surface area contributed by atoms with E-state index in [9.17, 15) is 13.6 Å². The molecular formula is C18H15F2N3O2S2. The Morgan fingerprint density at radius 3 is 2.63 bits per heavy atom. The zero-order chi connectivity index (χ0) is 19.2. The van der Waals surface area contributed by atoms with E-state index in [0.29, 0.717) is 15.0 Å². The van der Waals surface area contributed by atoms with Crippen LogP contribution in [0.5, 0.6) is 5.75 Å². The van der Waals surface area contributed by atoms with Crippen molar-refractivity contribution in [1.82, 2.24) is 10.2 Å². The Kier molecular flexibility index (Phi) is 6.36. The van der Waals surface area contributed by atoms with Gasteiger partial charge in [0.05, 0.1) is 5.75 Å². The van der Waals surface area contributed by atoms with Crippen molar-refractivity contribution < 1.29 is 18.3 Å². The van der Waals surface area contributed by atoms with Gasteiger partial charge in [-0.05, 0) is 42.8 Å². The molecule has 3 rings (SSSR count). The monoisotopic (exact) mass is 407 g/mol. The standard InChI is InChI=1S/C18H15F2N3O2S2/c1-11-4-2-3-5-14(11)21-17-22-23-18(27-17)26-10-15(24)12-6-8-13(9-7-12)25-16(19)20/h2-9,16H,10H2,1H3,(H,21,22). The van der Waals surface area contributed by atoms with Crippen LogP contribution in [0.25, 0.3) is 0 Å². The molecule has 0 spiro atoms. The summed E-state index contributed by atoms with van der Waals surface area (Å²) in [6.07, 6.45) is 0. The predicted octanol–water partition coefficient (Wildman–Crippen LogP) is 5.17. The van der Waals surface area contributed by atoms with E-state index >= 15 is 0 Å². The molecule has 1 N–H and O–H groups in total. The second-order valence-electron chi connectivity index (χ2n) is 5.43. The Morgan fingerprint density at radius 2 is 1.93 bits per heavy atom. The van der Waals surface area contributed by atoms with Crippen LogP contribution in [0.15, 0.2) is 52.9 Å². The number of anilines is 2. The molecule has 0 aliphatic carbocycles. The second kappa shape index (κ2) is 8.92. The number of para-hydroxylation sites is 1. The van der Waals surface area contributed by atoms with Crippen LogP contribution >= 0.6 is 23.1 Å². The van der Waals surface area contributed by atoms with E-state index in [1.165, 1.54) is 47.4 Å². The number of nitrogens with one attached hydrogen (secondary N) is 1. The fraction of sp³-hybridized carbons (Fsp3) is 0.167. The normalized spacial score (nSPS) is 10.8. The maximum atomic E-state index is 12.2. The number of alkyl halides is 2. The van der Waals surface area contributed by atoms with Gasteiger partial charge >= 0.3 is 6.61 Å². The van der Waals surface area contributed by atoms with Crippen LogP contribution in [0.1, 0.15) is 15.9 Å². The number of ether oxygens (including phenoxy) is 1. The highest BCUT2D eigenvalue weighted by Gasteiger charge is 2.12. The largest absolute Gasteiger partial charge is 0.435 e. The third-order valence-corrected chi connectivity index (χ3v) is 5.49. The van der Waals surface area contributed by atoms with Gasteiger partial charge in [0.25, 0.3) is 0 Å². The first kappa shape index (κ1) is 19.2. The summed E-state index contributed by atoms with van der Waals surface area (Å²) in [5, 5.41) is 12.0. The van der Waals surface area contributed by atoms with Crippen molar-refractivity contribution in [3.05, 3.63) is 59.7 Å². The fourth-order valence-electron chi connectivity index (χ4n) is 2.18. The predicted molar refractivity (Wildman–Crippen MR) is 102 cm³/mol. The van der Waals surface area contributed by atoms with E-state index < -0.39 is 6.61 Å². The molecule has 2 aromatic carbocycles. The molecule has 1 aromatic heterocycles. The lowest BCUT2D eigenvalue weighted by atomic mass is 10.1. The molecule has 27 heavy (non-hydrogen) atoms. The van der Waals surface area contributed by atoms with Gasteiger partial charge in [-0.3, -0.25) is 4.79 Å². The number of hydrogen-bond donors (Lipinski definition) is 1. The Balaban J connectivity index is 1.55. The van der Waals surface area contributed by atoms with Crippen molar-refractivity contribution in [3.63, 3.8) is 0 Å². The zero-order valence-corrected chi connectivity index (χ0v) is 15.8. The highest BCUT2D eigenvalue weighted by molar-refractivity contribution is 8.01. The molecule has 0 aliphatic heterocycles. The lowest BCUT2D eigenvalue weighted by molar-refractivity contribution is -0.0498. The molecule has 0 bridgehead atoms. The summed E-state index contributed by atoms with van der Waals surface area (Å²) >= 11 is 2.63. The minimum atomic E-state index is -2.89. The van der Waals surface area contributed by atoms with Gasteiger partial charge in [-0.15, -0.1) is 10.2 Å². The Hall–Kier alpha value is -2.52. The molecule has 5 nitrogen and oxygen atoms in total. The molecule has 0 radical (unpaired) electrons. The minimum Gasteiger partial charge on any atom is -0.435 e. The maximum absolute atomic E-state index is 12.2. The first-order chi connectivity index (χ1) is 13.0. The van der Waals surface area contributed by atoms with Crippen molar-refractivity contribution in [2.24, 2.45) is 0 Å². The molecule has 0 saturated carbocycles. The van der Waals surface area contributed by atoms with E-state index in [2.05, 4.69) is 20.3 Å².